The quantitative estimate of drug-likeness (QED) is 0.583. The van der Waals surface area contributed by atoms with Gasteiger partial charge in [-0.15, -0.1) is 0 Å². The first-order valence-electron chi connectivity index (χ1n) is 4.36. The maximum absolute atomic E-state index is 2.46. The van der Waals surface area contributed by atoms with Crippen LogP contribution in [0.25, 0.3) is 0 Å². The minimum absolute atomic E-state index is 0.747. The van der Waals surface area contributed by atoms with E-state index in [-0.39, 0.29) is 0 Å². The van der Waals surface area contributed by atoms with Gasteiger partial charge in [-0.2, -0.15) is 0 Å². The van der Waals surface area contributed by atoms with Gasteiger partial charge in [0.05, 0.1) is 0 Å². The number of halogens is 1. The van der Waals surface area contributed by atoms with Gasteiger partial charge in [-0.1, -0.05) is 0 Å². The van der Waals surface area contributed by atoms with Crippen molar-refractivity contribution >= 4 is 19.8 Å². The number of aryl methyl sites for hydroxylation is 1. The van der Waals surface area contributed by atoms with Crippen molar-refractivity contribution in [2.45, 2.75) is 20.3 Å². The molecule has 1 aromatic carbocycles. The summed E-state index contributed by atoms with van der Waals surface area (Å²) in [5.41, 5.74) is 1.37. The zero-order chi connectivity index (χ0) is 8.97. The summed E-state index contributed by atoms with van der Waals surface area (Å²) in [5, 5.41) is 0. The Kier molecular flexibility index (Phi) is 4.06. The predicted molar refractivity (Wildman–Crippen MR) is 65.0 cm³/mol. The SMILES string of the molecule is CCCI(C)c1ccc(C)cc1. The van der Waals surface area contributed by atoms with E-state index in [1.165, 1.54) is 16.4 Å². The molecule has 0 N–H and O–H groups in total. The summed E-state index contributed by atoms with van der Waals surface area (Å²) in [4.78, 5) is 2.46. The van der Waals surface area contributed by atoms with E-state index in [2.05, 4.69) is 43.0 Å². The van der Waals surface area contributed by atoms with Gasteiger partial charge in [0.25, 0.3) is 0 Å². The zero-order valence-electron chi connectivity index (χ0n) is 8.10. The molecule has 0 amide bonds. The Hall–Kier alpha value is -0.0500. The van der Waals surface area contributed by atoms with Crippen molar-refractivity contribution in [2.24, 2.45) is 0 Å². The number of hydrogen-bond acceptors (Lipinski definition) is 0. The molecule has 0 unspecified atom stereocenters. The molecule has 0 saturated carbocycles. The average Bonchev–Trinajstić information content (AvgIpc) is 2.06. The summed E-state index contributed by atoms with van der Waals surface area (Å²) < 4.78 is 3.08. The first-order valence-corrected chi connectivity index (χ1v) is 9.12. The molecule has 0 saturated heterocycles. The third-order valence-electron chi connectivity index (χ3n) is 1.86. The van der Waals surface area contributed by atoms with Gasteiger partial charge in [-0.3, -0.25) is 0 Å². The Labute approximate surface area is 82.8 Å². The van der Waals surface area contributed by atoms with E-state index in [4.69, 9.17) is 0 Å². The van der Waals surface area contributed by atoms with Crippen molar-refractivity contribution in [3.8, 4) is 0 Å². The normalized spacial score (nSPS) is 11.4. The van der Waals surface area contributed by atoms with Gasteiger partial charge in [-0.05, 0) is 0 Å². The number of alkyl halides is 2. The van der Waals surface area contributed by atoms with E-state index < -0.39 is 19.8 Å². The summed E-state index contributed by atoms with van der Waals surface area (Å²) in [6, 6.07) is 9.10. The number of benzene rings is 1. The second kappa shape index (κ2) is 4.85. The van der Waals surface area contributed by atoms with Gasteiger partial charge in [-0.25, -0.2) is 0 Å². The first-order chi connectivity index (χ1) is 5.74. The molecule has 0 radical (unpaired) electrons. The van der Waals surface area contributed by atoms with Crippen LogP contribution in [0.5, 0.6) is 0 Å². The molecule has 1 rings (SSSR count). The van der Waals surface area contributed by atoms with Gasteiger partial charge in [0, 0.05) is 0 Å². The molecule has 0 aliphatic rings. The monoisotopic (exact) mass is 276 g/mol. The molecular formula is C11H17I. The molecule has 0 spiro atoms. The van der Waals surface area contributed by atoms with Gasteiger partial charge in [0.15, 0.2) is 0 Å². The average molecular weight is 276 g/mol. The fourth-order valence-electron chi connectivity index (χ4n) is 1.14. The summed E-state index contributed by atoms with van der Waals surface area (Å²) in [6.45, 7) is 4.43. The summed E-state index contributed by atoms with van der Waals surface area (Å²) in [6.07, 6.45) is 1.34. The van der Waals surface area contributed by atoms with Crippen LogP contribution in [0, 0.1) is 10.5 Å². The Balaban J connectivity index is 2.68. The molecule has 0 aromatic heterocycles. The predicted octanol–water partition coefficient (Wildman–Crippen LogP) is 3.71. The molecule has 1 aromatic rings. The van der Waals surface area contributed by atoms with Crippen LogP contribution in [0.15, 0.2) is 24.3 Å². The van der Waals surface area contributed by atoms with E-state index in [1.807, 2.05) is 0 Å². The summed E-state index contributed by atoms with van der Waals surface area (Å²) in [7, 11) is 0. The van der Waals surface area contributed by atoms with Crippen LogP contribution in [0.2, 0.25) is 0 Å². The molecule has 0 aliphatic carbocycles. The fraction of sp³-hybridized carbons (Fsp3) is 0.455. The van der Waals surface area contributed by atoms with Crippen LogP contribution in [0.4, 0.5) is 0 Å². The summed E-state index contributed by atoms with van der Waals surface area (Å²) >= 11 is -0.747. The Morgan fingerprint density at radius 3 is 2.25 bits per heavy atom. The third kappa shape index (κ3) is 2.77. The van der Waals surface area contributed by atoms with Gasteiger partial charge >= 0.3 is 82.8 Å². The topological polar surface area (TPSA) is 0 Å². The van der Waals surface area contributed by atoms with Gasteiger partial charge in [0.1, 0.15) is 0 Å². The molecule has 0 bridgehead atoms. The molecule has 12 heavy (non-hydrogen) atoms. The van der Waals surface area contributed by atoms with Crippen molar-refractivity contribution in [3.63, 3.8) is 0 Å². The molecule has 0 heterocycles. The molecular weight excluding hydrogens is 259 g/mol. The van der Waals surface area contributed by atoms with E-state index in [9.17, 15) is 0 Å². The first kappa shape index (κ1) is 10.0. The molecule has 0 fully saturated rings. The Morgan fingerprint density at radius 2 is 1.75 bits per heavy atom. The van der Waals surface area contributed by atoms with Crippen LogP contribution in [0.3, 0.4) is 0 Å². The molecule has 1 heteroatoms. The number of rotatable bonds is 3. The Bertz CT molecular complexity index is 225. The fourth-order valence-corrected chi connectivity index (χ4v) is 4.97. The van der Waals surface area contributed by atoms with Crippen molar-refractivity contribution in [2.75, 3.05) is 9.36 Å². The van der Waals surface area contributed by atoms with Crippen LogP contribution < -0.4 is 0 Å². The minimum atomic E-state index is -0.747. The van der Waals surface area contributed by atoms with Gasteiger partial charge < -0.3 is 0 Å². The van der Waals surface area contributed by atoms with E-state index >= 15 is 0 Å². The maximum atomic E-state index is 2.46. The van der Waals surface area contributed by atoms with E-state index in [0.717, 1.165) is 0 Å². The standard InChI is InChI=1S/C11H17I/c1-4-9-12(3)11-7-5-10(2)6-8-11/h5-8H,4,9H2,1-3H3. The second-order valence-electron chi connectivity index (χ2n) is 3.07. The van der Waals surface area contributed by atoms with Crippen molar-refractivity contribution in [3.05, 3.63) is 33.4 Å². The third-order valence-corrected chi connectivity index (χ3v) is 7.40. The van der Waals surface area contributed by atoms with Crippen molar-refractivity contribution in [1.29, 1.82) is 0 Å². The molecule has 68 valence electrons. The van der Waals surface area contributed by atoms with Gasteiger partial charge in [0.2, 0.25) is 0 Å². The van der Waals surface area contributed by atoms with E-state index in [0.29, 0.717) is 0 Å². The van der Waals surface area contributed by atoms with Crippen LogP contribution in [0.1, 0.15) is 18.9 Å². The second-order valence-corrected chi connectivity index (χ2v) is 8.77. The molecule has 0 atom stereocenters. The zero-order valence-corrected chi connectivity index (χ0v) is 10.3. The van der Waals surface area contributed by atoms with Crippen molar-refractivity contribution in [1.82, 2.24) is 0 Å². The summed E-state index contributed by atoms with van der Waals surface area (Å²) in [5.74, 6) is 0. The number of hydrogen-bond donors (Lipinski definition) is 0. The molecule has 0 nitrogen and oxygen atoms in total. The Morgan fingerprint density at radius 1 is 1.17 bits per heavy atom. The van der Waals surface area contributed by atoms with Crippen LogP contribution >= 0.6 is 19.8 Å². The van der Waals surface area contributed by atoms with E-state index in [1.54, 1.807) is 3.57 Å². The van der Waals surface area contributed by atoms with Crippen LogP contribution in [-0.4, -0.2) is 9.36 Å². The van der Waals surface area contributed by atoms with Crippen LogP contribution in [-0.2, 0) is 0 Å². The van der Waals surface area contributed by atoms with Crippen molar-refractivity contribution < 1.29 is 0 Å². The molecule has 0 aliphatic heterocycles.